The molecule has 4 rings (SSSR count). The van der Waals surface area contributed by atoms with Crippen molar-refractivity contribution in [3.05, 3.63) is 48.3 Å². The SMILES string of the molecule is OC[C@H]1O[C@@H](n2cnc3c(NCc4cccc(F)c4)ncnc32)[C@@H](O)[C@@H]1O. The van der Waals surface area contributed by atoms with Crippen molar-refractivity contribution in [1.29, 1.82) is 0 Å². The third-order valence-corrected chi connectivity index (χ3v) is 4.50. The van der Waals surface area contributed by atoms with Gasteiger partial charge in [-0.05, 0) is 17.7 Å². The predicted octanol–water partition coefficient (Wildman–Crippen LogP) is 0.189. The Hall–Kier alpha value is -2.66. The minimum atomic E-state index is -1.24. The van der Waals surface area contributed by atoms with Gasteiger partial charge < -0.3 is 25.4 Å². The van der Waals surface area contributed by atoms with Crippen LogP contribution in [-0.2, 0) is 11.3 Å². The maximum absolute atomic E-state index is 13.3. The van der Waals surface area contributed by atoms with Crippen molar-refractivity contribution in [3.63, 3.8) is 0 Å². The molecule has 3 heterocycles. The van der Waals surface area contributed by atoms with Crippen molar-refractivity contribution in [2.45, 2.75) is 31.1 Å². The number of aromatic nitrogens is 4. The highest BCUT2D eigenvalue weighted by Gasteiger charge is 2.44. The van der Waals surface area contributed by atoms with Gasteiger partial charge in [0, 0.05) is 6.54 Å². The summed E-state index contributed by atoms with van der Waals surface area (Å²) >= 11 is 0. The monoisotopic (exact) mass is 375 g/mol. The lowest BCUT2D eigenvalue weighted by Gasteiger charge is -2.16. The number of benzene rings is 1. The van der Waals surface area contributed by atoms with E-state index in [0.29, 0.717) is 23.5 Å². The van der Waals surface area contributed by atoms with Crippen LogP contribution in [0.4, 0.5) is 10.2 Å². The zero-order valence-corrected chi connectivity index (χ0v) is 14.1. The van der Waals surface area contributed by atoms with Crippen LogP contribution in [0.3, 0.4) is 0 Å². The number of fused-ring (bicyclic) bond motifs is 1. The fourth-order valence-corrected chi connectivity index (χ4v) is 3.11. The Morgan fingerprint density at radius 3 is 2.78 bits per heavy atom. The number of hydrogen-bond donors (Lipinski definition) is 4. The van der Waals surface area contributed by atoms with Crippen LogP contribution < -0.4 is 5.32 Å². The minimum Gasteiger partial charge on any atom is -0.394 e. The summed E-state index contributed by atoms with van der Waals surface area (Å²) in [6.45, 7) is -0.0820. The quantitative estimate of drug-likeness (QED) is 0.498. The Kier molecular flexibility index (Phi) is 4.70. The van der Waals surface area contributed by atoms with Crippen LogP contribution in [0.25, 0.3) is 11.2 Å². The first-order chi connectivity index (χ1) is 13.1. The van der Waals surface area contributed by atoms with Crippen molar-refractivity contribution in [1.82, 2.24) is 19.5 Å². The Morgan fingerprint density at radius 1 is 1.19 bits per heavy atom. The molecule has 4 atom stereocenters. The largest absolute Gasteiger partial charge is 0.394 e. The zero-order chi connectivity index (χ0) is 19.0. The average molecular weight is 375 g/mol. The Morgan fingerprint density at radius 2 is 2.04 bits per heavy atom. The van der Waals surface area contributed by atoms with Gasteiger partial charge in [0.15, 0.2) is 23.2 Å². The summed E-state index contributed by atoms with van der Waals surface area (Å²) in [5.41, 5.74) is 1.57. The van der Waals surface area contributed by atoms with E-state index in [9.17, 15) is 19.7 Å². The maximum atomic E-state index is 13.3. The van der Waals surface area contributed by atoms with Crippen molar-refractivity contribution in [2.75, 3.05) is 11.9 Å². The molecular formula is C17H18FN5O4. The summed E-state index contributed by atoms with van der Waals surface area (Å²) in [5, 5.41) is 32.5. The molecule has 0 saturated carbocycles. The van der Waals surface area contributed by atoms with Gasteiger partial charge in [-0.15, -0.1) is 0 Å². The lowest BCUT2D eigenvalue weighted by atomic mass is 10.1. The maximum Gasteiger partial charge on any atom is 0.167 e. The number of nitrogens with zero attached hydrogens (tertiary/aromatic N) is 4. The van der Waals surface area contributed by atoms with E-state index in [4.69, 9.17) is 4.74 Å². The minimum absolute atomic E-state index is 0.323. The van der Waals surface area contributed by atoms with Crippen molar-refractivity contribution in [2.24, 2.45) is 0 Å². The standard InChI is InChI=1S/C17H18FN5O4/c18-10-3-1-2-9(4-10)5-19-15-12-16(21-7-20-15)23(8-22-12)17-14(26)13(25)11(6-24)27-17/h1-4,7-8,11,13-14,17,24-26H,5-6H2,(H,19,20,21)/t11-,13-,14+,17-/m1/s1. The van der Waals surface area contributed by atoms with Crippen LogP contribution in [0.1, 0.15) is 11.8 Å². The molecule has 1 aliphatic rings. The van der Waals surface area contributed by atoms with Crippen LogP contribution in [0, 0.1) is 5.82 Å². The van der Waals surface area contributed by atoms with Crippen molar-refractivity contribution in [3.8, 4) is 0 Å². The van der Waals surface area contributed by atoms with Gasteiger partial charge in [-0.2, -0.15) is 0 Å². The van der Waals surface area contributed by atoms with Crippen LogP contribution in [0.2, 0.25) is 0 Å². The number of rotatable bonds is 5. The third-order valence-electron chi connectivity index (χ3n) is 4.50. The van der Waals surface area contributed by atoms with Gasteiger partial charge in [0.2, 0.25) is 0 Å². The molecule has 0 aliphatic carbocycles. The Balaban J connectivity index is 1.60. The fourth-order valence-electron chi connectivity index (χ4n) is 3.11. The molecule has 9 nitrogen and oxygen atoms in total. The second-order valence-corrected chi connectivity index (χ2v) is 6.26. The van der Waals surface area contributed by atoms with Crippen molar-refractivity contribution >= 4 is 17.0 Å². The van der Waals surface area contributed by atoms with Crippen LogP contribution in [-0.4, -0.2) is 59.8 Å². The van der Waals surface area contributed by atoms with E-state index < -0.39 is 31.1 Å². The molecule has 1 aliphatic heterocycles. The molecule has 0 unspecified atom stereocenters. The van der Waals surface area contributed by atoms with Gasteiger partial charge in [-0.3, -0.25) is 4.57 Å². The van der Waals surface area contributed by atoms with Gasteiger partial charge >= 0.3 is 0 Å². The molecule has 0 bridgehead atoms. The van der Waals surface area contributed by atoms with Crippen LogP contribution >= 0.6 is 0 Å². The number of imidazole rings is 1. The van der Waals surface area contributed by atoms with Gasteiger partial charge in [0.05, 0.1) is 12.9 Å². The summed E-state index contributed by atoms with van der Waals surface area (Å²) in [5.74, 6) is 0.116. The van der Waals surface area contributed by atoms with E-state index in [1.165, 1.54) is 29.4 Å². The second-order valence-electron chi connectivity index (χ2n) is 6.26. The predicted molar refractivity (Wildman–Crippen MR) is 92.1 cm³/mol. The molecule has 142 valence electrons. The van der Waals surface area contributed by atoms with E-state index in [1.54, 1.807) is 12.1 Å². The molecular weight excluding hydrogens is 357 g/mol. The highest BCUT2D eigenvalue weighted by atomic mass is 19.1. The Labute approximate surface area is 153 Å². The number of nitrogens with one attached hydrogen (secondary N) is 1. The normalized spacial score (nSPS) is 25.2. The molecule has 1 fully saturated rings. The highest BCUT2D eigenvalue weighted by Crippen LogP contribution is 2.32. The molecule has 1 aromatic carbocycles. The van der Waals surface area contributed by atoms with E-state index in [0.717, 1.165) is 5.56 Å². The van der Waals surface area contributed by atoms with Crippen molar-refractivity contribution < 1.29 is 24.4 Å². The van der Waals surface area contributed by atoms with Crippen LogP contribution in [0.5, 0.6) is 0 Å². The summed E-state index contributed by atoms with van der Waals surface area (Å²) in [4.78, 5) is 12.6. The first-order valence-corrected chi connectivity index (χ1v) is 8.37. The third kappa shape index (κ3) is 3.23. The van der Waals surface area contributed by atoms with Gasteiger partial charge in [0.1, 0.15) is 30.5 Å². The number of aliphatic hydroxyl groups is 3. The highest BCUT2D eigenvalue weighted by molar-refractivity contribution is 5.82. The van der Waals surface area contributed by atoms with Crippen LogP contribution in [0.15, 0.2) is 36.9 Å². The molecule has 0 amide bonds. The topological polar surface area (TPSA) is 126 Å². The molecule has 1 saturated heterocycles. The van der Waals surface area contributed by atoms with Gasteiger partial charge in [-0.25, -0.2) is 19.3 Å². The molecule has 2 aromatic heterocycles. The summed E-state index contributed by atoms with van der Waals surface area (Å²) < 4.78 is 20.3. The average Bonchev–Trinajstić information content (AvgIpc) is 3.22. The molecule has 4 N–H and O–H groups in total. The van der Waals surface area contributed by atoms with E-state index in [2.05, 4.69) is 20.3 Å². The first kappa shape index (κ1) is 17.7. The first-order valence-electron chi connectivity index (χ1n) is 8.37. The molecule has 0 spiro atoms. The van der Waals surface area contributed by atoms with Gasteiger partial charge in [-0.1, -0.05) is 12.1 Å². The second kappa shape index (κ2) is 7.16. The number of aliphatic hydroxyl groups excluding tert-OH is 3. The molecule has 3 aromatic rings. The smallest absolute Gasteiger partial charge is 0.167 e. The number of anilines is 1. The molecule has 0 radical (unpaired) electrons. The summed E-state index contributed by atoms with van der Waals surface area (Å²) in [7, 11) is 0. The van der Waals surface area contributed by atoms with E-state index in [1.807, 2.05) is 0 Å². The lowest BCUT2D eigenvalue weighted by molar-refractivity contribution is -0.0511. The van der Waals surface area contributed by atoms with Gasteiger partial charge in [0.25, 0.3) is 0 Å². The molecule has 27 heavy (non-hydrogen) atoms. The molecule has 10 heteroatoms. The Bertz CT molecular complexity index is 952. The summed E-state index contributed by atoms with van der Waals surface area (Å²) in [6.07, 6.45) is -1.53. The van der Waals surface area contributed by atoms with E-state index >= 15 is 0 Å². The van der Waals surface area contributed by atoms with E-state index in [-0.39, 0.29) is 5.82 Å². The lowest BCUT2D eigenvalue weighted by Crippen LogP contribution is -2.33. The number of hydrogen-bond acceptors (Lipinski definition) is 8. The summed E-state index contributed by atoms with van der Waals surface area (Å²) in [6, 6.07) is 6.20. The zero-order valence-electron chi connectivity index (χ0n) is 14.1. The fraction of sp³-hybridized carbons (Fsp3) is 0.353. The number of halogens is 1. The number of ether oxygens (including phenoxy) is 1.